The summed E-state index contributed by atoms with van der Waals surface area (Å²) in [7, 11) is 1.81. The van der Waals surface area contributed by atoms with Crippen LogP contribution in [0.4, 0.5) is 0 Å². The topological polar surface area (TPSA) is 49.9 Å². The highest BCUT2D eigenvalue weighted by Crippen LogP contribution is 2.32. The fourth-order valence-corrected chi connectivity index (χ4v) is 4.17. The average Bonchev–Trinajstić information content (AvgIpc) is 3.07. The van der Waals surface area contributed by atoms with Crippen LogP contribution in [0.3, 0.4) is 0 Å². The van der Waals surface area contributed by atoms with Crippen LogP contribution >= 0.6 is 0 Å². The van der Waals surface area contributed by atoms with E-state index in [0.29, 0.717) is 6.54 Å². The van der Waals surface area contributed by atoms with Gasteiger partial charge in [-0.3, -0.25) is 9.98 Å². The van der Waals surface area contributed by atoms with Gasteiger partial charge in [-0.25, -0.2) is 0 Å². The molecule has 1 aromatic heterocycles. The van der Waals surface area contributed by atoms with Gasteiger partial charge in [0.2, 0.25) is 0 Å². The molecule has 1 aliphatic rings. The smallest absolute Gasteiger partial charge is 0.135 e. The Morgan fingerprint density at radius 1 is 0.912 bits per heavy atom. The van der Waals surface area contributed by atoms with Crippen molar-refractivity contribution in [2.75, 3.05) is 7.05 Å². The third-order valence-electron chi connectivity index (χ3n) is 5.95. The normalized spacial score (nSPS) is 13.7. The summed E-state index contributed by atoms with van der Waals surface area (Å²) in [5.74, 6) is 2.51. The Morgan fingerprint density at radius 3 is 2.53 bits per heavy atom. The van der Waals surface area contributed by atoms with E-state index in [1.54, 1.807) is 7.05 Å². The van der Waals surface area contributed by atoms with Gasteiger partial charge in [-0.15, -0.1) is 0 Å². The Labute approximate surface area is 200 Å². The highest BCUT2D eigenvalue weighted by Gasteiger charge is 2.19. The van der Waals surface area contributed by atoms with E-state index < -0.39 is 0 Å². The number of fused-ring (bicyclic) bond motifs is 3. The van der Waals surface area contributed by atoms with Gasteiger partial charge in [0.05, 0.1) is 6.54 Å². The van der Waals surface area contributed by atoms with Crippen LogP contribution in [0.2, 0.25) is 0 Å². The minimum atomic E-state index is 0.578. The van der Waals surface area contributed by atoms with Gasteiger partial charge in [0.15, 0.2) is 0 Å². The lowest BCUT2D eigenvalue weighted by Crippen LogP contribution is -2.32. The molecule has 4 nitrogen and oxygen atoms in total. The quantitative estimate of drug-likeness (QED) is 0.289. The number of amidine groups is 2. The largest absolute Gasteiger partial charge is 0.460 e. The van der Waals surface area contributed by atoms with E-state index >= 15 is 0 Å². The summed E-state index contributed by atoms with van der Waals surface area (Å²) in [6.45, 7) is 2.67. The van der Waals surface area contributed by atoms with Crippen LogP contribution in [0.1, 0.15) is 33.6 Å². The lowest BCUT2D eigenvalue weighted by atomic mass is 10.0. The fourth-order valence-electron chi connectivity index (χ4n) is 4.17. The first-order valence-corrected chi connectivity index (χ1v) is 11.5. The molecule has 1 N–H and O–H groups in total. The van der Waals surface area contributed by atoms with Gasteiger partial charge in [-0.2, -0.15) is 0 Å². The number of nitrogens with zero attached hydrogens (tertiary/aromatic N) is 2. The van der Waals surface area contributed by atoms with Gasteiger partial charge in [-0.1, -0.05) is 96.6 Å². The first-order valence-electron chi connectivity index (χ1n) is 11.5. The maximum atomic E-state index is 6.19. The number of aliphatic imine (C=N–C) groups is 2. The van der Waals surface area contributed by atoms with E-state index in [0.717, 1.165) is 57.1 Å². The molecule has 0 atom stereocenters. The second-order valence-electron chi connectivity index (χ2n) is 8.32. The predicted molar refractivity (Wildman–Crippen MR) is 142 cm³/mol. The zero-order valence-corrected chi connectivity index (χ0v) is 19.5. The van der Waals surface area contributed by atoms with Crippen molar-refractivity contribution < 1.29 is 4.42 Å². The molecule has 0 amide bonds. The molecular formula is C30H27N3O. The number of furan rings is 1. The van der Waals surface area contributed by atoms with E-state index in [1.165, 1.54) is 5.56 Å². The average molecular weight is 446 g/mol. The summed E-state index contributed by atoms with van der Waals surface area (Å²) in [6.07, 6.45) is 9.12. The van der Waals surface area contributed by atoms with Crippen molar-refractivity contribution in [2.24, 2.45) is 9.98 Å². The molecule has 0 unspecified atom stereocenters. The molecule has 0 fully saturated rings. The zero-order chi connectivity index (χ0) is 23.3. The van der Waals surface area contributed by atoms with Crippen LogP contribution in [0.25, 0.3) is 17.0 Å². The molecule has 1 aliphatic carbocycles. The standard InChI is InChI=1S/C30H27N3O/c1-21-16-18-22(19-17-21)20-32-29(23-10-5-3-6-11-23)33-30(31-2)25-13-9-15-27-28(25)24-12-7-4-8-14-26(24)34-27/h3-13,15-19H,14,20H2,1-2H3,(H,31,32,33). The molecule has 0 radical (unpaired) electrons. The van der Waals surface area contributed by atoms with Gasteiger partial charge in [0.1, 0.15) is 23.0 Å². The van der Waals surface area contributed by atoms with E-state index in [2.05, 4.69) is 84.0 Å². The Balaban J connectivity index is 1.54. The molecule has 1 heterocycles. The van der Waals surface area contributed by atoms with Crippen LogP contribution in [0.15, 0.2) is 105 Å². The summed E-state index contributed by atoms with van der Waals surface area (Å²) in [6, 6.07) is 24.8. The van der Waals surface area contributed by atoms with Crippen molar-refractivity contribution in [3.63, 3.8) is 0 Å². The number of nitrogens with one attached hydrogen (secondary N) is 1. The molecule has 5 rings (SSSR count). The molecule has 34 heavy (non-hydrogen) atoms. The van der Waals surface area contributed by atoms with Gasteiger partial charge < -0.3 is 9.73 Å². The summed E-state index contributed by atoms with van der Waals surface area (Å²) in [5, 5.41) is 4.61. The maximum Gasteiger partial charge on any atom is 0.135 e. The van der Waals surface area contributed by atoms with E-state index in [9.17, 15) is 0 Å². The Bertz CT molecular complexity index is 1420. The SMILES string of the molecule is CN=C(NC(=NCc1ccc(C)cc1)c1ccccc1)c1cccc2oc3c(c12)C=CC=CC3. The van der Waals surface area contributed by atoms with Crippen LogP contribution in [-0.4, -0.2) is 18.7 Å². The Hall–Kier alpha value is -4.18. The lowest BCUT2D eigenvalue weighted by Gasteiger charge is -2.14. The summed E-state index contributed by atoms with van der Waals surface area (Å²) in [5.41, 5.74) is 6.38. The van der Waals surface area contributed by atoms with Crippen LogP contribution in [0, 0.1) is 6.92 Å². The van der Waals surface area contributed by atoms with Gasteiger partial charge >= 0.3 is 0 Å². The highest BCUT2D eigenvalue weighted by molar-refractivity contribution is 6.19. The molecule has 0 saturated heterocycles. The second-order valence-corrected chi connectivity index (χ2v) is 8.32. The third-order valence-corrected chi connectivity index (χ3v) is 5.95. The monoisotopic (exact) mass is 445 g/mol. The second kappa shape index (κ2) is 9.75. The van der Waals surface area contributed by atoms with Crippen molar-refractivity contribution in [1.29, 1.82) is 0 Å². The Morgan fingerprint density at radius 2 is 1.74 bits per heavy atom. The number of hydrogen-bond donors (Lipinski definition) is 1. The van der Waals surface area contributed by atoms with E-state index in [1.807, 2.05) is 30.3 Å². The maximum absolute atomic E-state index is 6.19. The number of allylic oxidation sites excluding steroid dienone is 3. The molecule has 4 aromatic rings. The van der Waals surface area contributed by atoms with Crippen molar-refractivity contribution >= 4 is 28.7 Å². The minimum Gasteiger partial charge on any atom is -0.460 e. The molecule has 168 valence electrons. The first kappa shape index (κ1) is 21.7. The number of aryl methyl sites for hydroxylation is 1. The molecule has 4 heteroatoms. The number of hydrogen-bond acceptors (Lipinski definition) is 3. The van der Waals surface area contributed by atoms with Crippen molar-refractivity contribution in [3.8, 4) is 0 Å². The molecule has 0 aliphatic heterocycles. The third kappa shape index (κ3) is 4.48. The van der Waals surface area contributed by atoms with Gasteiger partial charge in [0, 0.05) is 35.5 Å². The van der Waals surface area contributed by atoms with Gasteiger partial charge in [-0.05, 0) is 18.6 Å². The summed E-state index contributed by atoms with van der Waals surface area (Å²) >= 11 is 0. The van der Waals surface area contributed by atoms with Crippen molar-refractivity contribution in [1.82, 2.24) is 5.32 Å². The predicted octanol–water partition coefficient (Wildman–Crippen LogP) is 6.48. The Kier molecular flexibility index (Phi) is 6.21. The number of benzene rings is 3. The van der Waals surface area contributed by atoms with E-state index in [-0.39, 0.29) is 0 Å². The fraction of sp³-hybridized carbons (Fsp3) is 0.133. The molecular weight excluding hydrogens is 418 g/mol. The van der Waals surface area contributed by atoms with E-state index in [4.69, 9.17) is 9.41 Å². The number of rotatable bonds is 4. The van der Waals surface area contributed by atoms with Crippen LogP contribution < -0.4 is 5.32 Å². The highest BCUT2D eigenvalue weighted by atomic mass is 16.3. The molecule has 0 bridgehead atoms. The lowest BCUT2D eigenvalue weighted by molar-refractivity contribution is 0.564. The zero-order valence-electron chi connectivity index (χ0n) is 19.5. The van der Waals surface area contributed by atoms with Crippen LogP contribution in [-0.2, 0) is 13.0 Å². The van der Waals surface area contributed by atoms with Gasteiger partial charge in [0.25, 0.3) is 0 Å². The van der Waals surface area contributed by atoms with Crippen molar-refractivity contribution in [3.05, 3.63) is 125 Å². The molecule has 0 spiro atoms. The van der Waals surface area contributed by atoms with Crippen molar-refractivity contribution in [2.45, 2.75) is 19.9 Å². The minimum absolute atomic E-state index is 0.578. The summed E-state index contributed by atoms with van der Waals surface area (Å²) < 4.78 is 6.19. The first-order chi connectivity index (χ1) is 16.7. The molecule has 0 saturated carbocycles. The summed E-state index contributed by atoms with van der Waals surface area (Å²) in [4.78, 5) is 9.59. The van der Waals surface area contributed by atoms with Crippen LogP contribution in [0.5, 0.6) is 0 Å². The molecule has 3 aromatic carbocycles.